The molecule has 0 aromatic heterocycles. The molecule has 260 valence electrons. The summed E-state index contributed by atoms with van der Waals surface area (Å²) in [5.41, 5.74) is -1.72. The lowest BCUT2D eigenvalue weighted by atomic mass is 9.69. The summed E-state index contributed by atoms with van der Waals surface area (Å²) in [5, 5.41) is 55.8. The molecule has 1 saturated carbocycles. The normalized spacial score (nSPS) is 16.7. The molecule has 2 unspecified atom stereocenters. The molecule has 0 bridgehead atoms. The first-order valence-corrected chi connectivity index (χ1v) is 15.6. The molecule has 0 spiro atoms. The predicted octanol–water partition coefficient (Wildman–Crippen LogP) is 5.03. The van der Waals surface area contributed by atoms with Gasteiger partial charge in [-0.05, 0) is 26.7 Å². The van der Waals surface area contributed by atoms with Crippen molar-refractivity contribution in [3.63, 3.8) is 0 Å². The van der Waals surface area contributed by atoms with Crippen LogP contribution >= 0.6 is 0 Å². The van der Waals surface area contributed by atoms with E-state index >= 15 is 0 Å². The Labute approximate surface area is 279 Å². The number of aliphatic hydroxyl groups is 1. The summed E-state index contributed by atoms with van der Waals surface area (Å²) in [6.45, 7) is 12.2. The van der Waals surface area contributed by atoms with Crippen molar-refractivity contribution in [1.29, 1.82) is 0 Å². The Bertz CT molecular complexity index is 1630. The number of hydrogen-bond acceptors (Lipinski definition) is 12. The van der Waals surface area contributed by atoms with Crippen LogP contribution in [0, 0.1) is 43.4 Å². The number of Topliss-reactive ketones (excluding diaryl/α,β-unsaturated/α-hetero) is 5. The third-order valence-electron chi connectivity index (χ3n) is 8.84. The number of hydrogen-bond donors (Lipinski definition) is 5. The van der Waals surface area contributed by atoms with Crippen molar-refractivity contribution in [2.45, 2.75) is 68.2 Å². The minimum atomic E-state index is -1.75. The lowest BCUT2D eigenvalue weighted by Crippen LogP contribution is -2.46. The third kappa shape index (κ3) is 6.23. The minimum absolute atomic E-state index is 0.0596. The number of ketones is 5. The number of allylic oxidation sites excluding steroid dienone is 2. The number of aliphatic hydroxyl groups excluding tert-OH is 1. The van der Waals surface area contributed by atoms with Gasteiger partial charge < -0.3 is 35.0 Å². The number of carbonyl (C=O) groups is 5. The van der Waals surface area contributed by atoms with Crippen LogP contribution < -0.4 is 9.47 Å². The van der Waals surface area contributed by atoms with Gasteiger partial charge in [0.1, 0.15) is 51.4 Å². The Morgan fingerprint density at radius 1 is 0.625 bits per heavy atom. The molecule has 0 saturated heterocycles. The molecule has 1 aliphatic rings. The quantitative estimate of drug-likeness (QED) is 0.0703. The van der Waals surface area contributed by atoms with E-state index in [4.69, 9.17) is 9.47 Å². The number of carbonyl (C=O) groups excluding carboxylic acids is 5. The molecule has 0 aliphatic heterocycles. The maximum absolute atomic E-state index is 14.2. The smallest absolute Gasteiger partial charge is 0.180 e. The lowest BCUT2D eigenvalue weighted by Gasteiger charge is -2.30. The van der Waals surface area contributed by atoms with Crippen LogP contribution in [0.5, 0.6) is 34.5 Å². The van der Waals surface area contributed by atoms with Crippen LogP contribution in [-0.2, 0) is 27.2 Å². The van der Waals surface area contributed by atoms with Crippen LogP contribution in [0.25, 0.3) is 0 Å². The second kappa shape index (κ2) is 14.1. The maximum atomic E-state index is 14.2. The summed E-state index contributed by atoms with van der Waals surface area (Å²) in [4.78, 5) is 68.1. The van der Waals surface area contributed by atoms with Crippen molar-refractivity contribution < 1.29 is 59.0 Å². The summed E-state index contributed by atoms with van der Waals surface area (Å²) < 4.78 is 10.6. The van der Waals surface area contributed by atoms with Crippen LogP contribution in [0.1, 0.15) is 84.5 Å². The molecule has 2 atom stereocenters. The maximum Gasteiger partial charge on any atom is 0.180 e. The second-order valence-corrected chi connectivity index (χ2v) is 13.0. The number of ether oxygens (including phenoxy) is 2. The second-order valence-electron chi connectivity index (χ2n) is 13.0. The van der Waals surface area contributed by atoms with Crippen molar-refractivity contribution in [1.82, 2.24) is 0 Å². The molecule has 0 radical (unpaired) electrons. The number of rotatable bonds is 11. The number of phenolic OH excluding ortho intramolecular Hbond substituents is 4. The fourth-order valence-electron chi connectivity index (χ4n) is 6.02. The Balaban J connectivity index is 2.31. The fourth-order valence-corrected chi connectivity index (χ4v) is 6.02. The zero-order valence-electron chi connectivity index (χ0n) is 28.9. The number of aromatic hydroxyl groups is 4. The van der Waals surface area contributed by atoms with E-state index in [9.17, 15) is 49.5 Å². The zero-order chi connectivity index (χ0) is 36.7. The molecule has 1 fully saturated rings. The molecule has 48 heavy (non-hydrogen) atoms. The molecule has 3 rings (SSSR count). The van der Waals surface area contributed by atoms with Gasteiger partial charge in [-0.1, -0.05) is 41.5 Å². The molecule has 5 N–H and O–H groups in total. The standard InChI is InChI=1S/C36H44O12/c1-13(2)25(37)22-31(43)20(11-18-28(40)16(7)35(47-9)23(33(18)45)26(38)14(3)4)30(42)21(32(22)44)12-19-29(41)17(8)36(48-10)24(34(19)46)27(39)15(5)6/h13-15,20-21,37,40-41,45-46H,11-12H2,1-10H3. The molecule has 2 aromatic carbocycles. The number of phenols is 4. The molecule has 1 aliphatic carbocycles. The van der Waals surface area contributed by atoms with E-state index in [-0.39, 0.29) is 44.9 Å². The van der Waals surface area contributed by atoms with E-state index in [1.807, 2.05) is 0 Å². The SMILES string of the molecule is COc1c(C)c(O)c(CC2C(=O)C(=C(O)C(C)C)C(=O)C(Cc3c(O)c(C)c(OC)c(C(=O)C(C)C)c3O)C2=O)c(O)c1C(=O)C(C)C. The van der Waals surface area contributed by atoms with Crippen LogP contribution in [0.2, 0.25) is 0 Å². The van der Waals surface area contributed by atoms with Gasteiger partial charge in [-0.15, -0.1) is 0 Å². The average molecular weight is 669 g/mol. The van der Waals surface area contributed by atoms with Crippen molar-refractivity contribution in [2.75, 3.05) is 14.2 Å². The predicted molar refractivity (Wildman–Crippen MR) is 174 cm³/mol. The topological polar surface area (TPSA) is 205 Å². The third-order valence-corrected chi connectivity index (χ3v) is 8.84. The van der Waals surface area contributed by atoms with Crippen molar-refractivity contribution in [3.8, 4) is 34.5 Å². The first-order valence-electron chi connectivity index (χ1n) is 15.6. The average Bonchev–Trinajstić information content (AvgIpc) is 3.02. The van der Waals surface area contributed by atoms with Gasteiger partial charge in [0, 0.05) is 40.0 Å². The Morgan fingerprint density at radius 3 is 1.23 bits per heavy atom. The van der Waals surface area contributed by atoms with E-state index in [0.717, 1.165) is 0 Å². The molecule has 12 heteroatoms. The van der Waals surface area contributed by atoms with Gasteiger partial charge in [0.05, 0.1) is 31.6 Å². The van der Waals surface area contributed by atoms with Crippen LogP contribution in [-0.4, -0.2) is 68.7 Å². The Hall–Kier alpha value is -4.87. The zero-order valence-corrected chi connectivity index (χ0v) is 28.9. The fraction of sp³-hybridized carbons (Fsp3) is 0.472. The highest BCUT2D eigenvalue weighted by Gasteiger charge is 2.49. The summed E-state index contributed by atoms with van der Waals surface area (Å²) >= 11 is 0. The molecule has 2 aromatic rings. The molecular formula is C36H44O12. The summed E-state index contributed by atoms with van der Waals surface area (Å²) in [7, 11) is 2.50. The van der Waals surface area contributed by atoms with Gasteiger partial charge in [-0.25, -0.2) is 0 Å². The summed E-state index contributed by atoms with van der Waals surface area (Å²) in [6.07, 6.45) is -1.35. The largest absolute Gasteiger partial charge is 0.511 e. The first-order chi connectivity index (χ1) is 22.3. The monoisotopic (exact) mass is 668 g/mol. The Kier molecular flexibility index (Phi) is 11.0. The van der Waals surface area contributed by atoms with Gasteiger partial charge in [0.2, 0.25) is 0 Å². The lowest BCUT2D eigenvalue weighted by molar-refractivity contribution is -0.141. The highest BCUT2D eigenvalue weighted by Crippen LogP contribution is 2.47. The highest BCUT2D eigenvalue weighted by molar-refractivity contribution is 6.35. The van der Waals surface area contributed by atoms with E-state index in [1.54, 1.807) is 27.7 Å². The van der Waals surface area contributed by atoms with Crippen molar-refractivity contribution in [2.24, 2.45) is 29.6 Å². The van der Waals surface area contributed by atoms with E-state index in [2.05, 4.69) is 0 Å². The van der Waals surface area contributed by atoms with Gasteiger partial charge in [0.15, 0.2) is 28.9 Å². The van der Waals surface area contributed by atoms with E-state index in [0.29, 0.717) is 0 Å². The Morgan fingerprint density at radius 2 is 0.958 bits per heavy atom. The summed E-state index contributed by atoms with van der Waals surface area (Å²) in [6, 6.07) is 0. The molecule has 0 heterocycles. The van der Waals surface area contributed by atoms with Gasteiger partial charge >= 0.3 is 0 Å². The van der Waals surface area contributed by atoms with Gasteiger partial charge in [-0.3, -0.25) is 24.0 Å². The van der Waals surface area contributed by atoms with Gasteiger partial charge in [0.25, 0.3) is 0 Å². The summed E-state index contributed by atoms with van der Waals surface area (Å²) in [5.74, 6) is -12.9. The number of methoxy groups -OCH3 is 2. The molecular weight excluding hydrogens is 624 g/mol. The highest BCUT2D eigenvalue weighted by atomic mass is 16.5. The van der Waals surface area contributed by atoms with Crippen molar-refractivity contribution >= 4 is 28.9 Å². The van der Waals surface area contributed by atoms with Crippen molar-refractivity contribution in [3.05, 3.63) is 44.7 Å². The number of benzene rings is 2. The van der Waals surface area contributed by atoms with Crippen LogP contribution in [0.3, 0.4) is 0 Å². The van der Waals surface area contributed by atoms with E-state index in [1.165, 1.54) is 41.9 Å². The van der Waals surface area contributed by atoms with E-state index < -0.39 is 106 Å². The van der Waals surface area contributed by atoms with Crippen LogP contribution in [0.15, 0.2) is 11.3 Å². The molecule has 0 amide bonds. The first kappa shape index (κ1) is 37.6. The minimum Gasteiger partial charge on any atom is -0.511 e. The van der Waals surface area contributed by atoms with Crippen LogP contribution in [0.4, 0.5) is 0 Å². The van der Waals surface area contributed by atoms with Gasteiger partial charge in [-0.2, -0.15) is 0 Å². The molecule has 12 nitrogen and oxygen atoms in total.